The first-order chi connectivity index (χ1) is 12.0. The molecule has 0 aliphatic carbocycles. The van der Waals surface area contributed by atoms with Crippen molar-refractivity contribution in [3.05, 3.63) is 71.5 Å². The number of aliphatic hydroxyl groups excluding tert-OH is 1. The summed E-state index contributed by atoms with van der Waals surface area (Å²) in [6.07, 6.45) is -1.28. The highest BCUT2D eigenvalue weighted by Crippen LogP contribution is 2.18. The Morgan fingerprint density at radius 3 is 2.36 bits per heavy atom. The molecule has 0 spiro atoms. The fourth-order valence-electron chi connectivity index (χ4n) is 2.35. The van der Waals surface area contributed by atoms with Crippen LogP contribution in [0.3, 0.4) is 0 Å². The van der Waals surface area contributed by atoms with Crippen LogP contribution in [0.15, 0.2) is 54.6 Å². The van der Waals surface area contributed by atoms with E-state index >= 15 is 0 Å². The third-order valence-corrected chi connectivity index (χ3v) is 3.59. The number of carbonyl (C=O) groups is 2. The summed E-state index contributed by atoms with van der Waals surface area (Å²) in [5.74, 6) is -1.58. The average molecular weight is 345 g/mol. The summed E-state index contributed by atoms with van der Waals surface area (Å²) in [6.45, 7) is 1.77. The minimum absolute atomic E-state index is 0.0440. The monoisotopic (exact) mass is 345 g/mol. The van der Waals surface area contributed by atoms with Gasteiger partial charge in [0.25, 0.3) is 0 Å². The fourth-order valence-corrected chi connectivity index (χ4v) is 2.35. The molecule has 132 valence electrons. The quantitative estimate of drug-likeness (QED) is 0.754. The molecule has 0 radical (unpaired) electrons. The second-order valence-corrected chi connectivity index (χ2v) is 5.46. The predicted octanol–water partition coefficient (Wildman–Crippen LogP) is 2.15. The van der Waals surface area contributed by atoms with Crippen LogP contribution in [0.5, 0.6) is 0 Å². The highest BCUT2D eigenvalue weighted by atomic mass is 19.1. The zero-order valence-electron chi connectivity index (χ0n) is 13.8. The lowest BCUT2D eigenvalue weighted by molar-refractivity contribution is -0.150. The largest absolute Gasteiger partial charge is 0.464 e. The van der Waals surface area contributed by atoms with Crippen LogP contribution in [-0.2, 0) is 20.7 Å². The number of hydrogen-bond acceptors (Lipinski definition) is 4. The maximum Gasteiger partial charge on any atom is 0.331 e. The normalized spacial score (nSPS) is 12.9. The lowest BCUT2D eigenvalue weighted by atomic mass is 10.0. The van der Waals surface area contributed by atoms with Crippen LogP contribution in [0.4, 0.5) is 4.39 Å². The molecular formula is C19H20FNO4. The standard InChI is InChI=1S/C19H20FNO4/c1-2-25-19(24)17(18(23)14-6-4-3-5-7-14)21-16(22)12-13-8-10-15(20)11-9-13/h3-11,17-18,23H,2,12H2,1H3,(H,21,22). The van der Waals surface area contributed by atoms with Crippen LogP contribution >= 0.6 is 0 Å². The molecule has 0 bridgehead atoms. The van der Waals surface area contributed by atoms with Gasteiger partial charge in [0.1, 0.15) is 11.9 Å². The molecule has 2 atom stereocenters. The summed E-state index contributed by atoms with van der Waals surface area (Å²) in [5, 5.41) is 13.0. The van der Waals surface area contributed by atoms with E-state index in [2.05, 4.69) is 5.32 Å². The van der Waals surface area contributed by atoms with Crippen LogP contribution < -0.4 is 5.32 Å². The molecule has 0 heterocycles. The number of halogens is 1. The van der Waals surface area contributed by atoms with Gasteiger partial charge >= 0.3 is 5.97 Å². The van der Waals surface area contributed by atoms with Crippen molar-refractivity contribution < 1.29 is 23.8 Å². The topological polar surface area (TPSA) is 75.6 Å². The molecule has 0 saturated heterocycles. The molecule has 0 fully saturated rings. The van der Waals surface area contributed by atoms with Gasteiger partial charge in [-0.2, -0.15) is 0 Å². The number of amides is 1. The molecule has 2 unspecified atom stereocenters. The minimum atomic E-state index is -1.24. The number of esters is 1. The third-order valence-electron chi connectivity index (χ3n) is 3.59. The van der Waals surface area contributed by atoms with Crippen molar-refractivity contribution >= 4 is 11.9 Å². The van der Waals surface area contributed by atoms with Gasteiger partial charge in [-0.3, -0.25) is 4.79 Å². The van der Waals surface area contributed by atoms with Crippen LogP contribution in [0.25, 0.3) is 0 Å². The number of ether oxygens (including phenoxy) is 1. The molecule has 2 rings (SSSR count). The number of carbonyl (C=O) groups excluding carboxylic acids is 2. The number of aliphatic hydroxyl groups is 1. The molecular weight excluding hydrogens is 325 g/mol. The second-order valence-electron chi connectivity index (χ2n) is 5.46. The summed E-state index contributed by atoms with van der Waals surface area (Å²) in [7, 11) is 0. The third kappa shape index (κ3) is 5.39. The molecule has 0 aliphatic rings. The van der Waals surface area contributed by atoms with Crippen molar-refractivity contribution in [2.45, 2.75) is 25.5 Å². The molecule has 0 saturated carbocycles. The SMILES string of the molecule is CCOC(=O)C(NC(=O)Cc1ccc(F)cc1)C(O)c1ccccc1. The maximum atomic E-state index is 12.9. The Balaban J connectivity index is 2.11. The first-order valence-electron chi connectivity index (χ1n) is 7.94. The lowest BCUT2D eigenvalue weighted by Crippen LogP contribution is -2.46. The van der Waals surface area contributed by atoms with Crippen molar-refractivity contribution in [1.82, 2.24) is 5.32 Å². The van der Waals surface area contributed by atoms with E-state index in [0.717, 1.165) is 0 Å². The zero-order chi connectivity index (χ0) is 18.2. The highest BCUT2D eigenvalue weighted by Gasteiger charge is 2.30. The summed E-state index contributed by atoms with van der Waals surface area (Å²) in [6, 6.07) is 12.8. The van der Waals surface area contributed by atoms with E-state index in [1.165, 1.54) is 24.3 Å². The van der Waals surface area contributed by atoms with Gasteiger partial charge in [-0.05, 0) is 30.2 Å². The van der Waals surface area contributed by atoms with Gasteiger partial charge < -0.3 is 15.2 Å². The Labute approximate surface area is 145 Å². The second kappa shape index (κ2) is 8.94. The Hall–Kier alpha value is -2.73. The maximum absolute atomic E-state index is 12.9. The lowest BCUT2D eigenvalue weighted by Gasteiger charge is -2.23. The van der Waals surface area contributed by atoms with Crippen molar-refractivity contribution in [2.24, 2.45) is 0 Å². The molecule has 2 aromatic rings. The molecule has 2 aromatic carbocycles. The highest BCUT2D eigenvalue weighted by molar-refractivity contribution is 5.86. The zero-order valence-corrected chi connectivity index (χ0v) is 13.8. The van der Waals surface area contributed by atoms with E-state index in [-0.39, 0.29) is 13.0 Å². The van der Waals surface area contributed by atoms with Gasteiger partial charge in [-0.25, -0.2) is 9.18 Å². The summed E-state index contributed by atoms with van der Waals surface area (Å²) in [4.78, 5) is 24.4. The Morgan fingerprint density at radius 1 is 1.12 bits per heavy atom. The van der Waals surface area contributed by atoms with E-state index in [4.69, 9.17) is 4.74 Å². The number of benzene rings is 2. The molecule has 0 aromatic heterocycles. The Bertz CT molecular complexity index is 703. The van der Waals surface area contributed by atoms with Gasteiger partial charge in [0.05, 0.1) is 13.0 Å². The Kier molecular flexibility index (Phi) is 6.65. The molecule has 25 heavy (non-hydrogen) atoms. The molecule has 2 N–H and O–H groups in total. The van der Waals surface area contributed by atoms with Gasteiger partial charge in [-0.1, -0.05) is 42.5 Å². The number of nitrogens with one attached hydrogen (secondary N) is 1. The summed E-state index contributed by atoms with van der Waals surface area (Å²) < 4.78 is 17.9. The van der Waals surface area contributed by atoms with E-state index < -0.39 is 29.8 Å². The van der Waals surface area contributed by atoms with E-state index in [1.54, 1.807) is 37.3 Å². The summed E-state index contributed by atoms with van der Waals surface area (Å²) in [5.41, 5.74) is 1.08. The molecule has 1 amide bonds. The van der Waals surface area contributed by atoms with E-state index in [0.29, 0.717) is 11.1 Å². The van der Waals surface area contributed by atoms with Gasteiger partial charge in [0.15, 0.2) is 6.04 Å². The number of rotatable bonds is 7. The van der Waals surface area contributed by atoms with Crippen molar-refractivity contribution in [3.63, 3.8) is 0 Å². The first kappa shape index (κ1) is 18.6. The van der Waals surface area contributed by atoms with Crippen LogP contribution in [0.1, 0.15) is 24.2 Å². The Morgan fingerprint density at radius 2 is 1.76 bits per heavy atom. The smallest absolute Gasteiger partial charge is 0.331 e. The first-order valence-corrected chi connectivity index (χ1v) is 7.94. The molecule has 6 heteroatoms. The van der Waals surface area contributed by atoms with Crippen molar-refractivity contribution in [1.29, 1.82) is 0 Å². The van der Waals surface area contributed by atoms with E-state index in [9.17, 15) is 19.1 Å². The van der Waals surface area contributed by atoms with Gasteiger partial charge in [0.2, 0.25) is 5.91 Å². The summed E-state index contributed by atoms with van der Waals surface area (Å²) >= 11 is 0. The van der Waals surface area contributed by atoms with Crippen molar-refractivity contribution in [3.8, 4) is 0 Å². The van der Waals surface area contributed by atoms with E-state index in [1.807, 2.05) is 0 Å². The number of hydrogen-bond donors (Lipinski definition) is 2. The average Bonchev–Trinajstić information content (AvgIpc) is 2.62. The predicted molar refractivity (Wildman–Crippen MR) is 90.1 cm³/mol. The minimum Gasteiger partial charge on any atom is -0.464 e. The molecule has 0 aliphatic heterocycles. The van der Waals surface area contributed by atoms with Crippen molar-refractivity contribution in [2.75, 3.05) is 6.61 Å². The fraction of sp³-hybridized carbons (Fsp3) is 0.263. The van der Waals surface area contributed by atoms with Gasteiger partial charge in [-0.15, -0.1) is 0 Å². The van der Waals surface area contributed by atoms with Crippen LogP contribution in [0, 0.1) is 5.82 Å². The van der Waals surface area contributed by atoms with Crippen LogP contribution in [-0.4, -0.2) is 29.6 Å². The van der Waals surface area contributed by atoms with Crippen LogP contribution in [0.2, 0.25) is 0 Å². The van der Waals surface area contributed by atoms with Gasteiger partial charge in [0, 0.05) is 0 Å². The molecule has 5 nitrogen and oxygen atoms in total.